The van der Waals surface area contributed by atoms with Crippen LogP contribution < -0.4 is 15.5 Å². The van der Waals surface area contributed by atoms with Crippen LogP contribution in [0.25, 0.3) is 0 Å². The van der Waals surface area contributed by atoms with Gasteiger partial charge in [0, 0.05) is 76.0 Å². The molecule has 6 nitrogen and oxygen atoms in total. The summed E-state index contributed by atoms with van der Waals surface area (Å²) >= 11 is 5.56. The number of fused-ring (bicyclic) bond motifs is 3. The van der Waals surface area contributed by atoms with Gasteiger partial charge in [-0.1, -0.05) is 6.07 Å². The van der Waals surface area contributed by atoms with Crippen LogP contribution in [0.5, 0.6) is 0 Å². The van der Waals surface area contributed by atoms with Gasteiger partial charge in [-0.3, -0.25) is 9.88 Å². The zero-order chi connectivity index (χ0) is 23.2. The van der Waals surface area contributed by atoms with Crippen LogP contribution in [0.4, 0.5) is 11.4 Å². The summed E-state index contributed by atoms with van der Waals surface area (Å²) in [5.41, 5.74) is 3.39. The van der Waals surface area contributed by atoms with Gasteiger partial charge in [-0.05, 0) is 86.9 Å². The molecule has 4 atom stereocenters. The Morgan fingerprint density at radius 2 is 1.97 bits per heavy atom. The minimum Gasteiger partial charge on any atom is -0.378 e. The Bertz CT molecular complexity index is 887. The minimum absolute atomic E-state index is 0.578. The average Bonchev–Trinajstić information content (AvgIpc) is 2.83. The molecule has 3 aliphatic heterocycles. The molecular formula is C26H38N6S. The lowest BCUT2D eigenvalue weighted by Crippen LogP contribution is -2.58. The van der Waals surface area contributed by atoms with Crippen molar-refractivity contribution in [3.8, 4) is 0 Å². The quantitative estimate of drug-likeness (QED) is 0.550. The Hall–Kier alpha value is -2.22. The smallest absolute Gasteiger partial charge is 0.170 e. The number of nitrogens with zero attached hydrogens (tertiary/aromatic N) is 4. The first kappa shape index (κ1) is 23.9. The second-order valence-corrected chi connectivity index (χ2v) is 10.2. The highest BCUT2D eigenvalue weighted by Crippen LogP contribution is 2.36. The van der Waals surface area contributed by atoms with Crippen molar-refractivity contribution in [1.29, 1.82) is 0 Å². The van der Waals surface area contributed by atoms with E-state index in [1.165, 1.54) is 43.9 Å². The maximum absolute atomic E-state index is 5.56. The van der Waals surface area contributed by atoms with E-state index in [2.05, 4.69) is 73.8 Å². The average molecular weight is 467 g/mol. The molecule has 4 unspecified atom stereocenters. The number of thiocarbonyl (C=S) groups is 1. The number of pyridine rings is 1. The first-order valence-corrected chi connectivity index (χ1v) is 12.5. The van der Waals surface area contributed by atoms with E-state index in [1.54, 1.807) is 0 Å². The van der Waals surface area contributed by atoms with Gasteiger partial charge in [0.25, 0.3) is 0 Å². The van der Waals surface area contributed by atoms with Gasteiger partial charge in [0.1, 0.15) is 0 Å². The Morgan fingerprint density at radius 1 is 1.15 bits per heavy atom. The van der Waals surface area contributed by atoms with Crippen LogP contribution in [-0.4, -0.2) is 79.8 Å². The van der Waals surface area contributed by atoms with Crippen LogP contribution in [0.3, 0.4) is 0 Å². The van der Waals surface area contributed by atoms with Gasteiger partial charge >= 0.3 is 0 Å². The molecule has 3 aliphatic rings. The number of anilines is 2. The predicted molar refractivity (Wildman–Crippen MR) is 142 cm³/mol. The van der Waals surface area contributed by atoms with Crippen molar-refractivity contribution in [1.82, 2.24) is 20.1 Å². The Morgan fingerprint density at radius 3 is 2.64 bits per heavy atom. The molecule has 0 amide bonds. The SMILES string of the molecule is CN(CCc1ccccn1)CC1CN2CCC1CC2CNC(=S)Nc1ccc(N(C)C)cc1. The fourth-order valence-corrected chi connectivity index (χ4v) is 5.44. The van der Waals surface area contributed by atoms with Crippen molar-refractivity contribution < 1.29 is 0 Å². The zero-order valence-electron chi connectivity index (χ0n) is 20.2. The number of hydrogen-bond donors (Lipinski definition) is 2. The second-order valence-electron chi connectivity index (χ2n) is 9.80. The molecule has 0 saturated carbocycles. The largest absolute Gasteiger partial charge is 0.378 e. The minimum atomic E-state index is 0.578. The van der Waals surface area contributed by atoms with Gasteiger partial charge in [0.05, 0.1) is 0 Å². The third-order valence-electron chi connectivity index (χ3n) is 7.18. The van der Waals surface area contributed by atoms with Crippen molar-refractivity contribution in [2.45, 2.75) is 25.3 Å². The van der Waals surface area contributed by atoms with E-state index in [-0.39, 0.29) is 0 Å². The maximum atomic E-state index is 5.56. The van der Waals surface area contributed by atoms with Gasteiger partial charge in [0.15, 0.2) is 5.11 Å². The van der Waals surface area contributed by atoms with E-state index >= 15 is 0 Å². The monoisotopic (exact) mass is 466 g/mol. The van der Waals surface area contributed by atoms with E-state index in [1.807, 2.05) is 26.4 Å². The van der Waals surface area contributed by atoms with Gasteiger partial charge in [-0.25, -0.2) is 0 Å². The van der Waals surface area contributed by atoms with Crippen molar-refractivity contribution >= 4 is 28.7 Å². The second kappa shape index (κ2) is 11.3. The molecule has 2 N–H and O–H groups in total. The molecular weight excluding hydrogens is 428 g/mol. The van der Waals surface area contributed by atoms with Crippen molar-refractivity contribution in [2.24, 2.45) is 11.8 Å². The molecule has 5 rings (SSSR count). The highest BCUT2D eigenvalue weighted by atomic mass is 32.1. The normalized spacial score (nSPS) is 24.0. The molecule has 7 heteroatoms. The number of benzene rings is 1. The fraction of sp³-hybridized carbons (Fsp3) is 0.538. The van der Waals surface area contributed by atoms with E-state index in [4.69, 9.17) is 12.2 Å². The van der Waals surface area contributed by atoms with Crippen molar-refractivity contribution in [3.63, 3.8) is 0 Å². The first-order valence-electron chi connectivity index (χ1n) is 12.1. The molecule has 3 saturated heterocycles. The fourth-order valence-electron chi connectivity index (χ4n) is 5.24. The van der Waals surface area contributed by atoms with E-state index in [0.29, 0.717) is 11.2 Å². The first-order chi connectivity index (χ1) is 16.0. The number of piperidine rings is 3. The molecule has 0 spiro atoms. The third-order valence-corrected chi connectivity index (χ3v) is 7.42. The van der Waals surface area contributed by atoms with E-state index in [9.17, 15) is 0 Å². The maximum Gasteiger partial charge on any atom is 0.170 e. The molecule has 33 heavy (non-hydrogen) atoms. The van der Waals surface area contributed by atoms with Gasteiger partial charge in [0.2, 0.25) is 0 Å². The summed E-state index contributed by atoms with van der Waals surface area (Å²) in [6.45, 7) is 5.59. The summed E-state index contributed by atoms with van der Waals surface area (Å²) in [5, 5.41) is 7.50. The van der Waals surface area contributed by atoms with Crippen LogP contribution in [0.15, 0.2) is 48.7 Å². The Balaban J connectivity index is 1.19. The number of likely N-dealkylation sites (N-methyl/N-ethyl adjacent to an activating group) is 1. The molecule has 1 aromatic heterocycles. The van der Waals surface area contributed by atoms with Crippen LogP contribution in [0, 0.1) is 11.8 Å². The topological polar surface area (TPSA) is 46.7 Å². The number of rotatable bonds is 9. The standard InChI is InChI=1S/C26H38N6S/c1-30(2)24-9-7-23(8-10-24)29-26(33)28-17-25-16-20-11-15-32(25)19-21(20)18-31(3)14-12-22-6-4-5-13-27-22/h4-10,13,20-21,25H,11-12,14-19H2,1-3H3,(H2,28,29,33). The summed E-state index contributed by atoms with van der Waals surface area (Å²) < 4.78 is 0. The number of hydrogen-bond acceptors (Lipinski definition) is 5. The van der Waals surface area contributed by atoms with Crippen LogP contribution >= 0.6 is 12.2 Å². The Kier molecular flexibility index (Phi) is 8.17. The van der Waals surface area contributed by atoms with E-state index < -0.39 is 0 Å². The van der Waals surface area contributed by atoms with Crippen LogP contribution in [0.2, 0.25) is 0 Å². The lowest BCUT2D eigenvalue weighted by molar-refractivity contribution is -0.00757. The molecule has 3 fully saturated rings. The molecule has 2 aromatic rings. The Labute approximate surface area is 204 Å². The van der Waals surface area contributed by atoms with Gasteiger partial charge < -0.3 is 20.4 Å². The number of aromatic nitrogens is 1. The highest BCUT2D eigenvalue weighted by molar-refractivity contribution is 7.80. The van der Waals surface area contributed by atoms with Gasteiger partial charge in [-0.2, -0.15) is 0 Å². The van der Waals surface area contributed by atoms with Gasteiger partial charge in [-0.15, -0.1) is 0 Å². The molecule has 1 aromatic carbocycles. The van der Waals surface area contributed by atoms with E-state index in [0.717, 1.165) is 37.0 Å². The predicted octanol–water partition coefficient (Wildman–Crippen LogP) is 3.32. The van der Waals surface area contributed by atoms with Crippen molar-refractivity contribution in [3.05, 3.63) is 54.4 Å². The summed E-state index contributed by atoms with van der Waals surface area (Å²) in [6, 6.07) is 15.1. The summed E-state index contributed by atoms with van der Waals surface area (Å²) in [4.78, 5) is 11.7. The summed E-state index contributed by atoms with van der Waals surface area (Å²) in [5.74, 6) is 1.59. The molecule has 178 valence electrons. The molecule has 0 radical (unpaired) electrons. The van der Waals surface area contributed by atoms with Crippen LogP contribution in [0.1, 0.15) is 18.5 Å². The molecule has 4 heterocycles. The summed E-state index contributed by atoms with van der Waals surface area (Å²) in [7, 11) is 6.36. The highest BCUT2D eigenvalue weighted by Gasteiger charge is 2.40. The van der Waals surface area contributed by atoms with Crippen LogP contribution in [-0.2, 0) is 6.42 Å². The zero-order valence-corrected chi connectivity index (χ0v) is 21.0. The summed E-state index contributed by atoms with van der Waals surface area (Å²) in [6.07, 6.45) is 5.51. The van der Waals surface area contributed by atoms with Crippen molar-refractivity contribution in [2.75, 3.05) is 64.1 Å². The molecule has 2 bridgehead atoms. The number of nitrogens with one attached hydrogen (secondary N) is 2. The molecule has 0 aliphatic carbocycles. The third kappa shape index (κ3) is 6.65. The lowest BCUT2D eigenvalue weighted by atomic mass is 9.75. The lowest BCUT2D eigenvalue weighted by Gasteiger charge is -2.50.